The summed E-state index contributed by atoms with van der Waals surface area (Å²) in [6.07, 6.45) is 4.09. The molecule has 0 saturated carbocycles. The monoisotopic (exact) mass is 256 g/mol. The van der Waals surface area contributed by atoms with E-state index in [-0.39, 0.29) is 5.92 Å². The van der Waals surface area contributed by atoms with Crippen molar-refractivity contribution in [3.63, 3.8) is 0 Å². The van der Waals surface area contributed by atoms with E-state index in [9.17, 15) is 4.79 Å². The standard InChI is InChI=1S/C16H20N2O/c1-12-5-4-8-18(11-12)16(19)14-9-13-6-2-3-7-15(13)17-10-14/h2-3,5-7,14,17H,4,8-11H2,1H3. The van der Waals surface area contributed by atoms with E-state index in [1.165, 1.54) is 16.8 Å². The number of nitrogens with zero attached hydrogens (tertiary/aromatic N) is 1. The number of fused-ring (bicyclic) bond motifs is 1. The number of hydrogen-bond acceptors (Lipinski definition) is 2. The van der Waals surface area contributed by atoms with Crippen molar-refractivity contribution in [3.05, 3.63) is 41.5 Å². The van der Waals surface area contributed by atoms with Gasteiger partial charge in [-0.05, 0) is 31.4 Å². The van der Waals surface area contributed by atoms with E-state index in [0.29, 0.717) is 5.91 Å². The summed E-state index contributed by atoms with van der Waals surface area (Å²) in [5.74, 6) is 0.384. The number of amides is 1. The zero-order chi connectivity index (χ0) is 13.2. The maximum Gasteiger partial charge on any atom is 0.228 e. The van der Waals surface area contributed by atoms with Crippen molar-refractivity contribution in [1.29, 1.82) is 0 Å². The molecule has 1 aromatic rings. The van der Waals surface area contributed by atoms with Crippen LogP contribution in [0.25, 0.3) is 0 Å². The smallest absolute Gasteiger partial charge is 0.228 e. The molecule has 0 aliphatic carbocycles. The zero-order valence-corrected chi connectivity index (χ0v) is 11.4. The molecule has 1 atom stereocenters. The second-order valence-corrected chi connectivity index (χ2v) is 5.54. The van der Waals surface area contributed by atoms with E-state index in [1.54, 1.807) is 0 Å². The lowest BCUT2D eigenvalue weighted by atomic mass is 9.92. The summed E-state index contributed by atoms with van der Waals surface area (Å²) in [7, 11) is 0. The number of para-hydroxylation sites is 1. The second-order valence-electron chi connectivity index (χ2n) is 5.54. The fourth-order valence-corrected chi connectivity index (χ4v) is 2.97. The highest BCUT2D eigenvalue weighted by Crippen LogP contribution is 2.26. The van der Waals surface area contributed by atoms with Gasteiger partial charge in [-0.25, -0.2) is 0 Å². The summed E-state index contributed by atoms with van der Waals surface area (Å²) >= 11 is 0. The van der Waals surface area contributed by atoms with Gasteiger partial charge in [0.25, 0.3) is 0 Å². The fourth-order valence-electron chi connectivity index (χ4n) is 2.97. The van der Waals surface area contributed by atoms with Gasteiger partial charge in [-0.3, -0.25) is 4.79 Å². The summed E-state index contributed by atoms with van der Waals surface area (Å²) in [6.45, 7) is 4.54. The van der Waals surface area contributed by atoms with Gasteiger partial charge in [0.2, 0.25) is 5.91 Å². The molecule has 2 aliphatic rings. The number of nitrogens with one attached hydrogen (secondary N) is 1. The van der Waals surface area contributed by atoms with E-state index >= 15 is 0 Å². The third-order valence-electron chi connectivity index (χ3n) is 4.02. The van der Waals surface area contributed by atoms with Crippen molar-refractivity contribution in [2.75, 3.05) is 25.0 Å². The third kappa shape index (κ3) is 2.50. The molecular formula is C16H20N2O. The minimum absolute atomic E-state index is 0.0841. The molecule has 0 fully saturated rings. The van der Waals surface area contributed by atoms with Gasteiger partial charge in [-0.2, -0.15) is 0 Å². The van der Waals surface area contributed by atoms with Crippen LogP contribution in [0.15, 0.2) is 35.9 Å². The Morgan fingerprint density at radius 3 is 3.05 bits per heavy atom. The van der Waals surface area contributed by atoms with Gasteiger partial charge in [-0.1, -0.05) is 29.8 Å². The van der Waals surface area contributed by atoms with Crippen molar-refractivity contribution in [1.82, 2.24) is 4.90 Å². The van der Waals surface area contributed by atoms with Gasteiger partial charge >= 0.3 is 0 Å². The van der Waals surface area contributed by atoms with Crippen molar-refractivity contribution in [3.8, 4) is 0 Å². The summed E-state index contributed by atoms with van der Waals surface area (Å²) in [4.78, 5) is 14.6. The minimum Gasteiger partial charge on any atom is -0.384 e. The molecule has 1 N–H and O–H groups in total. The van der Waals surface area contributed by atoms with Crippen LogP contribution in [0.4, 0.5) is 5.69 Å². The van der Waals surface area contributed by atoms with Crippen molar-refractivity contribution in [2.24, 2.45) is 5.92 Å². The van der Waals surface area contributed by atoms with Crippen LogP contribution >= 0.6 is 0 Å². The highest BCUT2D eigenvalue weighted by molar-refractivity contribution is 5.81. The topological polar surface area (TPSA) is 32.3 Å². The molecule has 1 unspecified atom stereocenters. The number of carbonyl (C=O) groups is 1. The minimum atomic E-state index is 0.0841. The van der Waals surface area contributed by atoms with E-state index in [0.717, 1.165) is 32.5 Å². The first-order valence-corrected chi connectivity index (χ1v) is 7.00. The molecule has 0 bridgehead atoms. The first-order valence-electron chi connectivity index (χ1n) is 7.00. The average Bonchev–Trinajstić information content (AvgIpc) is 2.46. The Morgan fingerprint density at radius 1 is 1.37 bits per heavy atom. The fraction of sp³-hybridized carbons (Fsp3) is 0.438. The maximum atomic E-state index is 12.6. The predicted molar refractivity (Wildman–Crippen MR) is 77.1 cm³/mol. The molecule has 2 heterocycles. The van der Waals surface area contributed by atoms with Gasteiger partial charge < -0.3 is 10.2 Å². The Kier molecular flexibility index (Phi) is 3.28. The van der Waals surface area contributed by atoms with Gasteiger partial charge in [0.15, 0.2) is 0 Å². The Labute approximate surface area is 114 Å². The summed E-state index contributed by atoms with van der Waals surface area (Å²) in [5, 5.41) is 3.38. The van der Waals surface area contributed by atoms with E-state index < -0.39 is 0 Å². The SMILES string of the molecule is CC1=CCCN(C(=O)C2CNc3ccccc3C2)C1. The largest absolute Gasteiger partial charge is 0.384 e. The van der Waals surface area contributed by atoms with Crippen LogP contribution in [0.2, 0.25) is 0 Å². The summed E-state index contributed by atoms with van der Waals surface area (Å²) in [6, 6.07) is 8.28. The normalized spacial score (nSPS) is 22.3. The van der Waals surface area contributed by atoms with Crippen molar-refractivity contribution >= 4 is 11.6 Å². The molecule has 0 radical (unpaired) electrons. The number of carbonyl (C=O) groups excluding carboxylic acids is 1. The first kappa shape index (κ1) is 12.3. The molecule has 19 heavy (non-hydrogen) atoms. The van der Waals surface area contributed by atoms with Gasteiger partial charge in [0.05, 0.1) is 5.92 Å². The van der Waals surface area contributed by atoms with Crippen LogP contribution in [-0.4, -0.2) is 30.4 Å². The first-order chi connectivity index (χ1) is 9.24. The van der Waals surface area contributed by atoms with E-state index in [2.05, 4.69) is 30.4 Å². The van der Waals surface area contributed by atoms with Crippen LogP contribution in [0.5, 0.6) is 0 Å². The van der Waals surface area contributed by atoms with Crippen LogP contribution in [0.3, 0.4) is 0 Å². The Balaban J connectivity index is 1.71. The molecule has 100 valence electrons. The van der Waals surface area contributed by atoms with E-state index in [1.807, 2.05) is 17.0 Å². The molecule has 1 amide bonds. The molecule has 3 rings (SSSR count). The Bertz CT molecular complexity index is 521. The summed E-state index contributed by atoms with van der Waals surface area (Å²) < 4.78 is 0. The van der Waals surface area contributed by atoms with Crippen molar-refractivity contribution < 1.29 is 4.79 Å². The summed E-state index contributed by atoms with van der Waals surface area (Å²) in [5.41, 5.74) is 3.75. The number of anilines is 1. The number of hydrogen-bond donors (Lipinski definition) is 1. The van der Waals surface area contributed by atoms with Gasteiger partial charge in [-0.15, -0.1) is 0 Å². The van der Waals surface area contributed by atoms with Crippen LogP contribution in [0.1, 0.15) is 18.9 Å². The molecule has 0 aromatic heterocycles. The van der Waals surface area contributed by atoms with E-state index in [4.69, 9.17) is 0 Å². The predicted octanol–water partition coefficient (Wildman–Crippen LogP) is 2.45. The lowest BCUT2D eigenvalue weighted by molar-refractivity contribution is -0.134. The second kappa shape index (κ2) is 5.08. The lowest BCUT2D eigenvalue weighted by Gasteiger charge is -2.32. The maximum absolute atomic E-state index is 12.6. The highest BCUT2D eigenvalue weighted by atomic mass is 16.2. The van der Waals surface area contributed by atoms with Crippen molar-refractivity contribution in [2.45, 2.75) is 19.8 Å². The Hall–Kier alpha value is -1.77. The zero-order valence-electron chi connectivity index (χ0n) is 11.4. The number of benzene rings is 1. The molecule has 3 nitrogen and oxygen atoms in total. The lowest BCUT2D eigenvalue weighted by Crippen LogP contribution is -2.43. The molecule has 0 saturated heterocycles. The molecule has 1 aromatic carbocycles. The van der Waals surface area contributed by atoms with Crippen LogP contribution < -0.4 is 5.32 Å². The Morgan fingerprint density at radius 2 is 2.21 bits per heavy atom. The third-order valence-corrected chi connectivity index (χ3v) is 4.02. The van der Waals surface area contributed by atoms with Crippen LogP contribution in [-0.2, 0) is 11.2 Å². The molecule has 0 spiro atoms. The molecule has 3 heteroatoms. The molecule has 2 aliphatic heterocycles. The van der Waals surface area contributed by atoms with Gasteiger partial charge in [0, 0.05) is 25.3 Å². The number of rotatable bonds is 1. The molecular weight excluding hydrogens is 236 g/mol. The average molecular weight is 256 g/mol. The quantitative estimate of drug-likeness (QED) is 0.783. The van der Waals surface area contributed by atoms with Crippen LogP contribution in [0, 0.1) is 5.92 Å². The van der Waals surface area contributed by atoms with Gasteiger partial charge in [0.1, 0.15) is 0 Å². The highest BCUT2D eigenvalue weighted by Gasteiger charge is 2.28.